The van der Waals surface area contributed by atoms with Crippen LogP contribution < -0.4 is 9.62 Å². The Morgan fingerprint density at radius 2 is 1.47 bits per heavy atom. The summed E-state index contributed by atoms with van der Waals surface area (Å²) in [7, 11) is -3.63. The number of aromatic nitrogens is 2. The van der Waals surface area contributed by atoms with E-state index in [1.54, 1.807) is 42.7 Å². The van der Waals surface area contributed by atoms with Gasteiger partial charge in [-0.15, -0.1) is 0 Å². The fourth-order valence-corrected chi connectivity index (χ4v) is 7.79. The second kappa shape index (κ2) is 15.8. The second-order valence-corrected chi connectivity index (χ2v) is 14.9. The molecule has 0 spiro atoms. The lowest BCUT2D eigenvalue weighted by Gasteiger charge is -2.44. The molecule has 2 saturated heterocycles. The van der Waals surface area contributed by atoms with Crippen LogP contribution in [0, 0.1) is 5.92 Å². The largest absolute Gasteiger partial charge is 0.392 e. The number of ether oxygens (including phenoxy) is 2. The number of piperazine rings is 1. The summed E-state index contributed by atoms with van der Waals surface area (Å²) < 4.78 is 42.0. The van der Waals surface area contributed by atoms with Crippen molar-refractivity contribution in [1.82, 2.24) is 19.6 Å². The first-order valence-electron chi connectivity index (χ1n) is 17.4. The topological polar surface area (TPSA) is 117 Å². The van der Waals surface area contributed by atoms with E-state index in [2.05, 4.69) is 37.5 Å². The molecule has 11 heteroatoms. The Morgan fingerprint density at radius 1 is 0.765 bits per heavy atom. The SMILES string of the molecule is C[C@@H]1[C@H](CN2CCN(c3ncccn3)CC2)O[C@H](c2cccc(-c3cccc(CNS(=O)(=O)c4ccccc4)c3)c2)O[C@@H]1c1ccc(CO)cc1. The standard InChI is InChI=1S/C40H43N5O5S/c1-29-37(27-44-20-22-45(23-21-44)40-41-18-7-19-42-40)49-39(50-38(29)32-16-14-30(28-46)15-17-32)35-11-6-10-34(25-35)33-9-5-8-31(24-33)26-43-51(47,48)36-12-3-2-4-13-36/h2-19,24-25,29,37-39,43,46H,20-23,26-28H2,1H3/t29-,37+,38+,39+/m1/s1. The number of benzene rings is 4. The van der Waals surface area contributed by atoms with E-state index in [0.29, 0.717) is 0 Å². The Bertz CT molecular complexity index is 1990. The lowest BCUT2D eigenvalue weighted by Crippen LogP contribution is -2.51. The van der Waals surface area contributed by atoms with Crippen molar-refractivity contribution in [3.05, 3.63) is 144 Å². The van der Waals surface area contributed by atoms with Crippen LogP contribution in [0.3, 0.4) is 0 Å². The van der Waals surface area contributed by atoms with Crippen LogP contribution in [0.2, 0.25) is 0 Å². The van der Waals surface area contributed by atoms with Crippen LogP contribution in [0.25, 0.3) is 11.1 Å². The van der Waals surface area contributed by atoms with Gasteiger partial charge in [-0.05, 0) is 58.1 Å². The van der Waals surface area contributed by atoms with Gasteiger partial charge in [0.25, 0.3) is 0 Å². The van der Waals surface area contributed by atoms with Crippen LogP contribution in [-0.2, 0) is 32.6 Å². The van der Waals surface area contributed by atoms with Crippen molar-refractivity contribution < 1.29 is 23.0 Å². The van der Waals surface area contributed by atoms with Crippen LogP contribution in [-0.4, -0.2) is 67.2 Å². The summed E-state index contributed by atoms with van der Waals surface area (Å²) in [4.78, 5) is 13.8. The highest BCUT2D eigenvalue weighted by atomic mass is 32.2. The fourth-order valence-electron chi connectivity index (χ4n) is 6.75. The molecule has 10 nitrogen and oxygen atoms in total. The van der Waals surface area contributed by atoms with Crippen molar-refractivity contribution >= 4 is 16.0 Å². The van der Waals surface area contributed by atoms with Crippen molar-refractivity contribution in [2.75, 3.05) is 37.6 Å². The highest BCUT2D eigenvalue weighted by molar-refractivity contribution is 7.89. The lowest BCUT2D eigenvalue weighted by molar-refractivity contribution is -0.276. The monoisotopic (exact) mass is 705 g/mol. The third kappa shape index (κ3) is 8.36. The van der Waals surface area contributed by atoms with Gasteiger partial charge in [-0.2, -0.15) is 0 Å². The first-order valence-corrected chi connectivity index (χ1v) is 18.8. The molecule has 2 fully saturated rings. The number of nitrogens with zero attached hydrogens (tertiary/aromatic N) is 4. The quantitative estimate of drug-likeness (QED) is 0.178. The molecule has 2 aliphatic heterocycles. The summed E-state index contributed by atoms with van der Waals surface area (Å²) >= 11 is 0. The minimum absolute atomic E-state index is 0.0113. The highest BCUT2D eigenvalue weighted by Gasteiger charge is 2.39. The van der Waals surface area contributed by atoms with Gasteiger partial charge in [0, 0.05) is 63.1 Å². The van der Waals surface area contributed by atoms with Crippen LogP contribution >= 0.6 is 0 Å². The molecular formula is C40H43N5O5S. The molecule has 0 radical (unpaired) electrons. The molecule has 51 heavy (non-hydrogen) atoms. The molecule has 0 amide bonds. The zero-order chi connectivity index (χ0) is 35.2. The first-order chi connectivity index (χ1) is 24.9. The molecule has 3 heterocycles. The van der Waals surface area contributed by atoms with Crippen molar-refractivity contribution in [2.45, 2.75) is 43.5 Å². The number of rotatable bonds is 11. The molecule has 4 aromatic carbocycles. The molecule has 4 atom stereocenters. The van der Waals surface area contributed by atoms with Gasteiger partial charge in [-0.1, -0.05) is 85.8 Å². The van der Waals surface area contributed by atoms with Gasteiger partial charge in [-0.3, -0.25) is 4.90 Å². The van der Waals surface area contributed by atoms with Crippen molar-refractivity contribution in [3.8, 4) is 11.1 Å². The van der Waals surface area contributed by atoms with Gasteiger partial charge in [0.2, 0.25) is 16.0 Å². The van der Waals surface area contributed by atoms with E-state index < -0.39 is 16.3 Å². The van der Waals surface area contributed by atoms with E-state index in [1.165, 1.54) is 0 Å². The van der Waals surface area contributed by atoms with Gasteiger partial charge in [0.15, 0.2) is 6.29 Å². The lowest BCUT2D eigenvalue weighted by atomic mass is 9.89. The summed E-state index contributed by atoms with van der Waals surface area (Å²) in [6.45, 7) is 6.53. The van der Waals surface area contributed by atoms with Gasteiger partial charge in [0.05, 0.1) is 23.7 Å². The van der Waals surface area contributed by atoms with Gasteiger partial charge < -0.3 is 19.5 Å². The molecule has 264 valence electrons. The van der Waals surface area contributed by atoms with Crippen LogP contribution in [0.15, 0.2) is 126 Å². The maximum Gasteiger partial charge on any atom is 0.240 e. The summed E-state index contributed by atoms with van der Waals surface area (Å²) in [6.07, 6.45) is 2.64. The average molecular weight is 706 g/mol. The molecule has 0 aliphatic carbocycles. The maximum atomic E-state index is 12.8. The Kier molecular flexibility index (Phi) is 10.8. The molecule has 0 saturated carbocycles. The second-order valence-electron chi connectivity index (χ2n) is 13.1. The Labute approximate surface area is 299 Å². The number of nitrogens with one attached hydrogen (secondary N) is 1. The van der Waals surface area contributed by atoms with E-state index in [1.807, 2.05) is 72.8 Å². The molecular weight excluding hydrogens is 663 g/mol. The molecule has 0 bridgehead atoms. The number of hydrogen-bond acceptors (Lipinski definition) is 9. The number of anilines is 1. The average Bonchev–Trinajstić information content (AvgIpc) is 3.19. The number of aliphatic hydroxyl groups excluding tert-OH is 1. The van der Waals surface area contributed by atoms with Crippen LogP contribution in [0.4, 0.5) is 5.95 Å². The van der Waals surface area contributed by atoms with Crippen molar-refractivity contribution in [2.24, 2.45) is 5.92 Å². The Balaban J connectivity index is 1.09. The van der Waals surface area contributed by atoms with Crippen LogP contribution in [0.1, 0.15) is 41.6 Å². The molecule has 5 aromatic rings. The predicted octanol–water partition coefficient (Wildman–Crippen LogP) is 5.73. The normalized spacial score (nSPS) is 21.4. The maximum absolute atomic E-state index is 12.8. The predicted molar refractivity (Wildman–Crippen MR) is 196 cm³/mol. The zero-order valence-electron chi connectivity index (χ0n) is 28.6. The summed E-state index contributed by atoms with van der Waals surface area (Å²) in [6, 6.07) is 34.2. The van der Waals surface area contributed by atoms with Crippen molar-refractivity contribution in [3.63, 3.8) is 0 Å². The van der Waals surface area contributed by atoms with Gasteiger partial charge in [-0.25, -0.2) is 23.1 Å². The van der Waals surface area contributed by atoms with E-state index >= 15 is 0 Å². The molecule has 2 N–H and O–H groups in total. The molecule has 1 aromatic heterocycles. The summed E-state index contributed by atoms with van der Waals surface area (Å²) in [5.74, 6) is 0.828. The van der Waals surface area contributed by atoms with Gasteiger partial charge >= 0.3 is 0 Å². The minimum Gasteiger partial charge on any atom is -0.392 e. The molecule has 2 aliphatic rings. The van der Waals surface area contributed by atoms with Gasteiger partial charge in [0.1, 0.15) is 0 Å². The van der Waals surface area contributed by atoms with E-state index in [0.717, 1.165) is 72.1 Å². The number of aliphatic hydroxyl groups is 1. The third-order valence-electron chi connectivity index (χ3n) is 9.71. The fraction of sp³-hybridized carbons (Fsp3) is 0.300. The summed E-state index contributed by atoms with van der Waals surface area (Å²) in [5, 5.41) is 9.65. The smallest absolute Gasteiger partial charge is 0.240 e. The Hall–Kier alpha value is -4.49. The molecule has 0 unspecified atom stereocenters. The van der Waals surface area contributed by atoms with E-state index in [4.69, 9.17) is 9.47 Å². The first kappa shape index (κ1) is 34.9. The Morgan fingerprint density at radius 3 is 2.20 bits per heavy atom. The zero-order valence-corrected chi connectivity index (χ0v) is 29.4. The summed E-state index contributed by atoms with van der Waals surface area (Å²) in [5.41, 5.74) is 5.60. The molecule has 7 rings (SSSR count). The third-order valence-corrected chi connectivity index (χ3v) is 11.1. The van der Waals surface area contributed by atoms with Crippen molar-refractivity contribution in [1.29, 1.82) is 0 Å². The van der Waals surface area contributed by atoms with E-state index in [9.17, 15) is 13.5 Å². The van der Waals surface area contributed by atoms with E-state index in [-0.39, 0.29) is 36.2 Å². The number of hydrogen-bond donors (Lipinski definition) is 2. The highest BCUT2D eigenvalue weighted by Crippen LogP contribution is 2.42. The minimum atomic E-state index is -3.63. The number of sulfonamides is 1. The van der Waals surface area contributed by atoms with Crippen LogP contribution in [0.5, 0.6) is 0 Å².